The topological polar surface area (TPSA) is 104 Å². The Kier molecular flexibility index (Phi) is 5.03. The lowest BCUT2D eigenvalue weighted by Gasteiger charge is -2.46. The smallest absolute Gasteiger partial charge is 0.308 e. The minimum atomic E-state index is -1.62. The average molecular weight is 432 g/mol. The molecule has 31 heavy (non-hydrogen) atoms. The van der Waals surface area contributed by atoms with Crippen molar-refractivity contribution < 1.29 is 38.2 Å². The van der Waals surface area contributed by atoms with E-state index in [-0.39, 0.29) is 23.3 Å². The van der Waals surface area contributed by atoms with Gasteiger partial charge in [-0.1, -0.05) is 6.58 Å². The van der Waals surface area contributed by atoms with Crippen LogP contribution in [0.1, 0.15) is 38.2 Å². The van der Waals surface area contributed by atoms with Crippen molar-refractivity contribution in [3.8, 4) is 5.75 Å². The van der Waals surface area contributed by atoms with Crippen LogP contribution in [0.3, 0.4) is 0 Å². The number of esters is 2. The van der Waals surface area contributed by atoms with E-state index < -0.39 is 30.1 Å². The molecule has 0 aliphatic carbocycles. The standard InChI is InChI=1S/C21H24N2O8/c1-10-18-15(7-14(20(27-5)28-6)8-17(18)29-12(3)25)22-9-16-19(23(16)11(2)24)21(10,31-22)30-13(4)26/h7-8,16,19-20H,1,9H2,2-6H3. The van der Waals surface area contributed by atoms with Crippen molar-refractivity contribution in [1.82, 2.24) is 4.90 Å². The van der Waals surface area contributed by atoms with Gasteiger partial charge in [0.1, 0.15) is 11.8 Å². The molecular formula is C21H24N2O8. The Bertz CT molecular complexity index is 988. The van der Waals surface area contributed by atoms with Crippen LogP contribution in [0.15, 0.2) is 18.7 Å². The molecule has 0 N–H and O–H groups in total. The number of ether oxygens (including phenoxy) is 4. The van der Waals surface area contributed by atoms with Gasteiger partial charge in [0.25, 0.3) is 5.79 Å². The second-order valence-corrected chi connectivity index (χ2v) is 7.64. The van der Waals surface area contributed by atoms with Gasteiger partial charge in [-0.3, -0.25) is 14.4 Å². The van der Waals surface area contributed by atoms with E-state index in [1.807, 2.05) is 0 Å². The quantitative estimate of drug-likeness (QED) is 0.297. The van der Waals surface area contributed by atoms with Crippen molar-refractivity contribution in [2.24, 2.45) is 0 Å². The van der Waals surface area contributed by atoms with Gasteiger partial charge in [-0.25, -0.2) is 9.90 Å². The first-order valence-corrected chi connectivity index (χ1v) is 9.71. The van der Waals surface area contributed by atoms with Crippen molar-refractivity contribution in [3.05, 3.63) is 29.8 Å². The van der Waals surface area contributed by atoms with Crippen molar-refractivity contribution in [3.63, 3.8) is 0 Å². The summed E-state index contributed by atoms with van der Waals surface area (Å²) in [5.41, 5.74) is 1.85. The van der Waals surface area contributed by atoms with Gasteiger partial charge in [0.2, 0.25) is 5.91 Å². The highest BCUT2D eigenvalue weighted by Crippen LogP contribution is 2.57. The molecule has 2 bridgehead atoms. The predicted octanol–water partition coefficient (Wildman–Crippen LogP) is 1.54. The average Bonchev–Trinajstić information content (AvgIpc) is 3.41. The molecule has 3 unspecified atom stereocenters. The van der Waals surface area contributed by atoms with E-state index in [1.54, 1.807) is 17.0 Å². The summed E-state index contributed by atoms with van der Waals surface area (Å²) in [6.07, 6.45) is -0.722. The van der Waals surface area contributed by atoms with E-state index in [2.05, 4.69) is 6.58 Å². The third-order valence-corrected chi connectivity index (χ3v) is 5.63. The number of nitrogens with zero attached hydrogens (tertiary/aromatic N) is 2. The summed E-state index contributed by atoms with van der Waals surface area (Å²) in [5, 5.41) is 1.54. The van der Waals surface area contributed by atoms with Crippen LogP contribution in [0.4, 0.5) is 5.69 Å². The molecule has 0 aromatic heterocycles. The maximum Gasteiger partial charge on any atom is 0.308 e. The van der Waals surface area contributed by atoms with Crippen molar-refractivity contribution in [2.45, 2.75) is 44.9 Å². The summed E-state index contributed by atoms with van der Waals surface area (Å²) < 4.78 is 21.8. The molecule has 2 saturated heterocycles. The normalized spacial score (nSPS) is 25.7. The number of carbonyl (C=O) groups excluding carboxylic acids is 3. The van der Waals surface area contributed by atoms with E-state index in [1.165, 1.54) is 40.1 Å². The fraction of sp³-hybridized carbons (Fsp3) is 0.476. The van der Waals surface area contributed by atoms with Crippen LogP contribution in [-0.2, 0) is 33.4 Å². The van der Waals surface area contributed by atoms with Crippen molar-refractivity contribution in [1.29, 1.82) is 0 Å². The first kappa shape index (κ1) is 21.3. The molecule has 10 heteroatoms. The zero-order chi connectivity index (χ0) is 22.7. The zero-order valence-corrected chi connectivity index (χ0v) is 18.0. The van der Waals surface area contributed by atoms with Crippen molar-refractivity contribution >= 4 is 29.1 Å². The molecule has 1 amide bonds. The second kappa shape index (κ2) is 7.33. The lowest BCUT2D eigenvalue weighted by molar-refractivity contribution is -0.218. The van der Waals surface area contributed by atoms with Gasteiger partial charge in [-0.2, -0.15) is 0 Å². The van der Waals surface area contributed by atoms with Gasteiger partial charge in [0.05, 0.1) is 23.8 Å². The number of hydrogen-bond donors (Lipinski definition) is 0. The zero-order valence-electron chi connectivity index (χ0n) is 18.0. The van der Waals surface area contributed by atoms with Crippen molar-refractivity contribution in [2.75, 3.05) is 25.8 Å². The third-order valence-electron chi connectivity index (χ3n) is 5.63. The minimum Gasteiger partial charge on any atom is -0.426 e. The summed E-state index contributed by atoms with van der Waals surface area (Å²) in [6, 6.07) is 2.63. The van der Waals surface area contributed by atoms with Crippen LogP contribution in [-0.4, -0.2) is 61.4 Å². The van der Waals surface area contributed by atoms with Crippen LogP contribution in [0.5, 0.6) is 5.75 Å². The number of carbonyl (C=O) groups is 3. The number of hydroxylamine groups is 1. The molecule has 3 aliphatic heterocycles. The number of amides is 1. The van der Waals surface area contributed by atoms with E-state index in [0.29, 0.717) is 23.4 Å². The van der Waals surface area contributed by atoms with Gasteiger partial charge in [-0.05, 0) is 12.1 Å². The van der Waals surface area contributed by atoms with E-state index >= 15 is 0 Å². The van der Waals surface area contributed by atoms with Crippen LogP contribution in [0.25, 0.3) is 5.57 Å². The van der Waals surface area contributed by atoms with Crippen LogP contribution in [0.2, 0.25) is 0 Å². The van der Waals surface area contributed by atoms with Gasteiger partial charge in [0, 0.05) is 46.1 Å². The maximum absolute atomic E-state index is 12.2. The Labute approximate surface area is 179 Å². The molecule has 3 aliphatic rings. The number of fused-ring (bicyclic) bond motifs is 6. The molecule has 10 nitrogen and oxygen atoms in total. The Balaban J connectivity index is 1.91. The summed E-state index contributed by atoms with van der Waals surface area (Å²) in [5.74, 6) is -2.73. The first-order chi connectivity index (χ1) is 14.6. The largest absolute Gasteiger partial charge is 0.426 e. The fourth-order valence-electron chi connectivity index (χ4n) is 4.53. The molecule has 0 spiro atoms. The molecule has 1 aromatic rings. The molecule has 3 atom stereocenters. The number of anilines is 1. The molecule has 0 radical (unpaired) electrons. The lowest BCUT2D eigenvalue weighted by atomic mass is 9.88. The summed E-state index contributed by atoms with van der Waals surface area (Å²) in [7, 11) is 2.97. The lowest BCUT2D eigenvalue weighted by Crippen LogP contribution is -2.57. The van der Waals surface area contributed by atoms with Gasteiger partial charge < -0.3 is 23.8 Å². The highest BCUT2D eigenvalue weighted by molar-refractivity contribution is 5.91. The molecule has 0 saturated carbocycles. The highest BCUT2D eigenvalue weighted by atomic mass is 16.8. The SMILES string of the molecule is C=C1c2c(OC(C)=O)cc(C(OC)OC)cc2N2CC3C(N3C(C)=O)C1(OC(C)=O)O2. The maximum atomic E-state index is 12.2. The van der Waals surface area contributed by atoms with E-state index in [0.717, 1.165) is 0 Å². The van der Waals surface area contributed by atoms with E-state index in [9.17, 15) is 14.4 Å². The van der Waals surface area contributed by atoms with Crippen LogP contribution < -0.4 is 9.80 Å². The van der Waals surface area contributed by atoms with Gasteiger partial charge in [-0.15, -0.1) is 0 Å². The second-order valence-electron chi connectivity index (χ2n) is 7.64. The summed E-state index contributed by atoms with van der Waals surface area (Å²) in [6.45, 7) is 8.45. The molecule has 4 rings (SSSR count). The molecule has 2 fully saturated rings. The Morgan fingerprint density at radius 1 is 1.16 bits per heavy atom. The number of methoxy groups -OCH3 is 2. The Morgan fingerprint density at radius 3 is 2.39 bits per heavy atom. The highest BCUT2D eigenvalue weighted by Gasteiger charge is 2.72. The minimum absolute atomic E-state index is 0.171. The predicted molar refractivity (Wildman–Crippen MR) is 107 cm³/mol. The molecule has 3 heterocycles. The molecule has 166 valence electrons. The number of rotatable bonds is 5. The van der Waals surface area contributed by atoms with Crippen LogP contribution >= 0.6 is 0 Å². The number of benzene rings is 1. The molecule has 1 aromatic carbocycles. The fourth-order valence-corrected chi connectivity index (χ4v) is 4.53. The van der Waals surface area contributed by atoms with E-state index in [4.69, 9.17) is 23.8 Å². The summed E-state index contributed by atoms with van der Waals surface area (Å²) in [4.78, 5) is 43.8. The molecular weight excluding hydrogens is 408 g/mol. The first-order valence-electron chi connectivity index (χ1n) is 9.71. The van der Waals surface area contributed by atoms with Gasteiger partial charge in [0.15, 0.2) is 6.29 Å². The Morgan fingerprint density at radius 2 is 1.84 bits per heavy atom. The Hall–Kier alpha value is -2.95. The van der Waals surface area contributed by atoms with Crippen LogP contribution in [0, 0.1) is 0 Å². The number of hydrogen-bond acceptors (Lipinski definition) is 9. The van der Waals surface area contributed by atoms with Gasteiger partial charge >= 0.3 is 11.9 Å². The third kappa shape index (κ3) is 3.18. The summed E-state index contributed by atoms with van der Waals surface area (Å²) >= 11 is 0. The monoisotopic (exact) mass is 432 g/mol.